The van der Waals surface area contributed by atoms with Gasteiger partial charge in [-0.15, -0.1) is 0 Å². The largest absolute Gasteiger partial charge is 0.314 e. The molecule has 17 heavy (non-hydrogen) atoms. The van der Waals surface area contributed by atoms with E-state index >= 15 is 0 Å². The van der Waals surface area contributed by atoms with Crippen molar-refractivity contribution in [3.05, 3.63) is 22.4 Å². The number of piperidine rings is 1. The summed E-state index contributed by atoms with van der Waals surface area (Å²) in [6.45, 7) is 6.00. The van der Waals surface area contributed by atoms with Crippen molar-refractivity contribution in [3.8, 4) is 0 Å². The molecule has 1 unspecified atom stereocenters. The average Bonchev–Trinajstić information content (AvgIpc) is 2.83. The number of nitrogens with zero attached hydrogens (tertiary/aromatic N) is 1. The van der Waals surface area contributed by atoms with Gasteiger partial charge in [0.2, 0.25) is 0 Å². The monoisotopic (exact) mass is 252 g/mol. The summed E-state index contributed by atoms with van der Waals surface area (Å²) in [6.07, 6.45) is 3.87. The summed E-state index contributed by atoms with van der Waals surface area (Å²) in [7, 11) is 2.23. The van der Waals surface area contributed by atoms with Crippen LogP contribution in [0.4, 0.5) is 0 Å². The third-order valence-corrected chi connectivity index (χ3v) is 4.66. The first-order valence-corrected chi connectivity index (χ1v) is 7.63. The Kier molecular flexibility index (Phi) is 5.01. The molecule has 2 nitrogen and oxygen atoms in total. The van der Waals surface area contributed by atoms with E-state index in [1.807, 2.05) is 0 Å². The van der Waals surface area contributed by atoms with E-state index < -0.39 is 0 Å². The first kappa shape index (κ1) is 13.1. The molecule has 2 rings (SSSR count). The van der Waals surface area contributed by atoms with Crippen LogP contribution in [0.15, 0.2) is 16.8 Å². The fourth-order valence-electron chi connectivity index (χ4n) is 2.57. The van der Waals surface area contributed by atoms with E-state index in [0.717, 1.165) is 12.5 Å². The molecule has 0 aliphatic carbocycles. The second-order valence-corrected chi connectivity index (χ2v) is 6.05. The molecule has 0 radical (unpaired) electrons. The Morgan fingerprint density at radius 1 is 1.47 bits per heavy atom. The van der Waals surface area contributed by atoms with E-state index in [0.29, 0.717) is 6.04 Å². The summed E-state index contributed by atoms with van der Waals surface area (Å²) in [5, 5.41) is 8.11. The molecule has 0 saturated carbocycles. The van der Waals surface area contributed by atoms with Crippen LogP contribution in [-0.2, 0) is 6.42 Å². The molecule has 1 fully saturated rings. The molecule has 1 atom stereocenters. The molecule has 1 aliphatic heterocycles. The molecule has 0 spiro atoms. The minimum absolute atomic E-state index is 0.669. The molecule has 1 aliphatic rings. The lowest BCUT2D eigenvalue weighted by molar-refractivity contribution is 0.190. The van der Waals surface area contributed by atoms with Gasteiger partial charge in [0.15, 0.2) is 0 Å². The van der Waals surface area contributed by atoms with Crippen molar-refractivity contribution in [2.75, 3.05) is 26.7 Å². The molecule has 96 valence electrons. The van der Waals surface area contributed by atoms with Gasteiger partial charge in [-0.25, -0.2) is 0 Å². The van der Waals surface area contributed by atoms with Gasteiger partial charge in [0.1, 0.15) is 0 Å². The minimum atomic E-state index is 0.669. The van der Waals surface area contributed by atoms with Crippen molar-refractivity contribution in [2.45, 2.75) is 32.2 Å². The summed E-state index contributed by atoms with van der Waals surface area (Å²) < 4.78 is 0. The maximum atomic E-state index is 3.69. The summed E-state index contributed by atoms with van der Waals surface area (Å²) in [5.41, 5.74) is 1.47. The molecule has 1 aromatic rings. The molecule has 2 heterocycles. The molecule has 1 aromatic heterocycles. The predicted molar refractivity (Wildman–Crippen MR) is 75.7 cm³/mol. The highest BCUT2D eigenvalue weighted by Gasteiger charge is 2.21. The SMILES string of the molecule is CC(NCCc1ccsc1)C1CCN(C)CC1. The quantitative estimate of drug-likeness (QED) is 0.866. The van der Waals surface area contributed by atoms with Gasteiger partial charge in [0.05, 0.1) is 0 Å². The van der Waals surface area contributed by atoms with Crippen molar-refractivity contribution in [1.29, 1.82) is 0 Å². The molecular weight excluding hydrogens is 228 g/mol. The van der Waals surface area contributed by atoms with Crippen LogP contribution >= 0.6 is 11.3 Å². The number of hydrogen-bond donors (Lipinski definition) is 1. The second kappa shape index (κ2) is 6.53. The lowest BCUT2D eigenvalue weighted by atomic mass is 9.90. The van der Waals surface area contributed by atoms with Gasteiger partial charge in [-0.3, -0.25) is 0 Å². The molecular formula is C14H24N2S. The van der Waals surface area contributed by atoms with Crippen molar-refractivity contribution < 1.29 is 0 Å². The van der Waals surface area contributed by atoms with Crippen LogP contribution in [0.5, 0.6) is 0 Å². The van der Waals surface area contributed by atoms with Gasteiger partial charge in [-0.2, -0.15) is 11.3 Å². The standard InChI is InChI=1S/C14H24N2S/c1-12(14-4-8-16(2)9-5-14)15-7-3-13-6-10-17-11-13/h6,10-12,14-15H,3-5,7-9H2,1-2H3. The van der Waals surface area contributed by atoms with Crippen LogP contribution in [0, 0.1) is 5.92 Å². The van der Waals surface area contributed by atoms with Gasteiger partial charge in [-0.05, 0) is 81.2 Å². The van der Waals surface area contributed by atoms with Crippen molar-refractivity contribution in [2.24, 2.45) is 5.92 Å². The molecule has 1 N–H and O–H groups in total. The smallest absolute Gasteiger partial charge is 0.00680 e. The minimum Gasteiger partial charge on any atom is -0.314 e. The zero-order chi connectivity index (χ0) is 12.1. The number of rotatable bonds is 5. The van der Waals surface area contributed by atoms with Crippen LogP contribution in [0.2, 0.25) is 0 Å². The van der Waals surface area contributed by atoms with E-state index in [1.165, 1.54) is 37.9 Å². The number of hydrogen-bond acceptors (Lipinski definition) is 3. The van der Waals surface area contributed by atoms with E-state index in [4.69, 9.17) is 0 Å². The number of nitrogens with one attached hydrogen (secondary N) is 1. The summed E-state index contributed by atoms with van der Waals surface area (Å²) >= 11 is 1.79. The van der Waals surface area contributed by atoms with E-state index in [9.17, 15) is 0 Å². The summed E-state index contributed by atoms with van der Waals surface area (Å²) in [5.74, 6) is 0.869. The van der Waals surface area contributed by atoms with Crippen LogP contribution in [0.3, 0.4) is 0 Å². The first-order chi connectivity index (χ1) is 8.25. The van der Waals surface area contributed by atoms with Gasteiger partial charge >= 0.3 is 0 Å². The summed E-state index contributed by atoms with van der Waals surface area (Å²) in [4.78, 5) is 2.44. The maximum Gasteiger partial charge on any atom is 0.00680 e. The number of likely N-dealkylation sites (tertiary alicyclic amines) is 1. The molecule has 0 aromatic carbocycles. The van der Waals surface area contributed by atoms with Crippen LogP contribution < -0.4 is 5.32 Å². The van der Waals surface area contributed by atoms with Crippen molar-refractivity contribution >= 4 is 11.3 Å². The average molecular weight is 252 g/mol. The molecule has 0 amide bonds. The Labute approximate surface area is 109 Å². The Balaban J connectivity index is 1.65. The van der Waals surface area contributed by atoms with Gasteiger partial charge in [0, 0.05) is 6.04 Å². The first-order valence-electron chi connectivity index (χ1n) is 6.68. The topological polar surface area (TPSA) is 15.3 Å². The number of thiophene rings is 1. The van der Waals surface area contributed by atoms with E-state index in [1.54, 1.807) is 11.3 Å². The predicted octanol–water partition coefficient (Wildman–Crippen LogP) is 2.61. The van der Waals surface area contributed by atoms with Crippen molar-refractivity contribution in [1.82, 2.24) is 10.2 Å². The highest BCUT2D eigenvalue weighted by atomic mass is 32.1. The summed E-state index contributed by atoms with van der Waals surface area (Å²) in [6, 6.07) is 2.90. The fourth-order valence-corrected chi connectivity index (χ4v) is 3.28. The Morgan fingerprint density at radius 3 is 2.88 bits per heavy atom. The van der Waals surface area contributed by atoms with Gasteiger partial charge in [0.25, 0.3) is 0 Å². The highest BCUT2D eigenvalue weighted by Crippen LogP contribution is 2.19. The van der Waals surface area contributed by atoms with Crippen LogP contribution in [0.1, 0.15) is 25.3 Å². The zero-order valence-electron chi connectivity index (χ0n) is 11.0. The molecule has 3 heteroatoms. The Bertz CT molecular complexity index is 302. The van der Waals surface area contributed by atoms with Gasteiger partial charge in [-0.1, -0.05) is 0 Å². The lowest BCUT2D eigenvalue weighted by Gasteiger charge is -2.33. The van der Waals surface area contributed by atoms with Crippen LogP contribution in [0.25, 0.3) is 0 Å². The lowest BCUT2D eigenvalue weighted by Crippen LogP contribution is -2.41. The fraction of sp³-hybridized carbons (Fsp3) is 0.714. The van der Waals surface area contributed by atoms with E-state index in [2.05, 4.69) is 41.0 Å². The normalized spacial score (nSPS) is 20.6. The Morgan fingerprint density at radius 2 is 2.24 bits per heavy atom. The molecule has 0 bridgehead atoms. The van der Waals surface area contributed by atoms with Gasteiger partial charge < -0.3 is 10.2 Å². The second-order valence-electron chi connectivity index (χ2n) is 5.27. The van der Waals surface area contributed by atoms with E-state index in [-0.39, 0.29) is 0 Å². The third-order valence-electron chi connectivity index (χ3n) is 3.93. The Hall–Kier alpha value is -0.380. The third kappa shape index (κ3) is 4.09. The molecule has 1 saturated heterocycles. The maximum absolute atomic E-state index is 3.69. The zero-order valence-corrected chi connectivity index (χ0v) is 11.8. The van der Waals surface area contributed by atoms with Crippen LogP contribution in [-0.4, -0.2) is 37.6 Å². The highest BCUT2D eigenvalue weighted by molar-refractivity contribution is 7.07. The van der Waals surface area contributed by atoms with Crippen molar-refractivity contribution in [3.63, 3.8) is 0 Å².